The molecule has 1 fully saturated rings. The summed E-state index contributed by atoms with van der Waals surface area (Å²) in [5, 5.41) is 11.4. The Morgan fingerprint density at radius 1 is 1.17 bits per heavy atom. The lowest BCUT2D eigenvalue weighted by molar-refractivity contribution is -0.0469. The van der Waals surface area contributed by atoms with Crippen LogP contribution in [0.15, 0.2) is 48.6 Å². The topological polar surface area (TPSA) is 95.9 Å². The monoisotopic (exact) mass is 612 g/mol. The van der Waals surface area contributed by atoms with Crippen LogP contribution in [0.5, 0.6) is 5.75 Å². The van der Waals surface area contributed by atoms with Gasteiger partial charge < -0.3 is 14.7 Å². The van der Waals surface area contributed by atoms with Crippen molar-refractivity contribution in [3.8, 4) is 5.75 Å². The van der Waals surface area contributed by atoms with E-state index in [0.717, 1.165) is 42.8 Å². The molecule has 0 saturated heterocycles. The van der Waals surface area contributed by atoms with Gasteiger partial charge in [0.15, 0.2) is 0 Å². The van der Waals surface area contributed by atoms with Crippen molar-refractivity contribution in [2.45, 2.75) is 82.0 Å². The molecule has 1 saturated carbocycles. The van der Waals surface area contributed by atoms with Crippen LogP contribution in [-0.2, 0) is 21.9 Å². The van der Waals surface area contributed by atoms with Gasteiger partial charge in [0.05, 0.1) is 23.6 Å². The second-order valence-corrected chi connectivity index (χ2v) is 15.4. The van der Waals surface area contributed by atoms with Crippen LogP contribution < -0.4 is 14.4 Å². The maximum Gasteiger partial charge on any atom is 0.264 e. The Morgan fingerprint density at radius 2 is 2.00 bits per heavy atom. The standard InChI is InChI=1S/C33H41ClN2O5S/c1-3-26-8-4-5-9-30(37)32(2)16-14-24(32)19-36-20-33(15-6-7-22-17-25(34)11-12-27(22)33)21-41-29-13-10-23(18-28(29)36)31(38)35-42(26,39)40/h5,9-13,17-18,24,26,30,37H,3-4,6-8,14-16,19-21H2,1-2H3,(H,35,38)/b9-5-/t24-,26+,30-,32+,33-/m0/s1. The second-order valence-electron chi connectivity index (χ2n) is 13.0. The van der Waals surface area contributed by atoms with E-state index in [9.17, 15) is 18.3 Å². The average Bonchev–Trinajstić information content (AvgIpc) is 3.10. The predicted octanol–water partition coefficient (Wildman–Crippen LogP) is 5.78. The van der Waals surface area contributed by atoms with Gasteiger partial charge >= 0.3 is 0 Å². The highest BCUT2D eigenvalue weighted by molar-refractivity contribution is 7.90. The van der Waals surface area contributed by atoms with Crippen LogP contribution in [0.1, 0.15) is 80.3 Å². The lowest BCUT2D eigenvalue weighted by Crippen LogP contribution is -2.53. The zero-order valence-corrected chi connectivity index (χ0v) is 26.0. The normalized spacial score (nSPS) is 33.3. The molecule has 9 heteroatoms. The minimum absolute atomic E-state index is 0.239. The maximum absolute atomic E-state index is 13.4. The van der Waals surface area contributed by atoms with Gasteiger partial charge in [-0.25, -0.2) is 13.1 Å². The third-order valence-electron chi connectivity index (χ3n) is 10.5. The van der Waals surface area contributed by atoms with E-state index >= 15 is 0 Å². The third kappa shape index (κ3) is 5.24. The number of sulfonamides is 1. The van der Waals surface area contributed by atoms with E-state index < -0.39 is 27.3 Å². The smallest absolute Gasteiger partial charge is 0.264 e. The molecule has 226 valence electrons. The summed E-state index contributed by atoms with van der Waals surface area (Å²) in [6.45, 7) is 5.86. The Balaban J connectivity index is 1.44. The number of halogens is 1. The molecule has 2 heterocycles. The molecule has 1 amide bonds. The number of nitrogens with one attached hydrogen (secondary N) is 1. The molecule has 4 aliphatic rings. The van der Waals surface area contributed by atoms with Gasteiger partial charge in [-0.2, -0.15) is 0 Å². The Kier molecular flexibility index (Phi) is 7.86. The number of hydrogen-bond donors (Lipinski definition) is 2. The number of carbonyl (C=O) groups is 1. The Hall–Kier alpha value is -2.55. The van der Waals surface area contributed by atoms with Crippen molar-refractivity contribution in [3.05, 3.63) is 70.3 Å². The molecule has 0 radical (unpaired) electrons. The summed E-state index contributed by atoms with van der Waals surface area (Å²) in [7, 11) is -3.89. The van der Waals surface area contributed by atoms with E-state index in [4.69, 9.17) is 16.3 Å². The van der Waals surface area contributed by atoms with Gasteiger partial charge in [-0.15, -0.1) is 0 Å². The summed E-state index contributed by atoms with van der Waals surface area (Å²) in [6.07, 6.45) is 9.28. The first-order chi connectivity index (χ1) is 20.0. The Labute approximate surface area is 254 Å². The summed E-state index contributed by atoms with van der Waals surface area (Å²) in [4.78, 5) is 15.7. The van der Waals surface area contributed by atoms with Gasteiger partial charge in [0.2, 0.25) is 10.0 Å². The van der Waals surface area contributed by atoms with E-state index in [2.05, 4.69) is 28.7 Å². The van der Waals surface area contributed by atoms with Crippen molar-refractivity contribution < 1.29 is 23.1 Å². The third-order valence-corrected chi connectivity index (χ3v) is 12.6. The summed E-state index contributed by atoms with van der Waals surface area (Å²) in [6, 6.07) is 11.4. The number of rotatable bonds is 1. The molecule has 2 aliphatic heterocycles. The maximum atomic E-state index is 13.4. The van der Waals surface area contributed by atoms with Crippen LogP contribution >= 0.6 is 11.6 Å². The fraction of sp³-hybridized carbons (Fsp3) is 0.545. The first-order valence-corrected chi connectivity index (χ1v) is 17.2. The lowest BCUT2D eigenvalue weighted by atomic mass is 9.58. The molecule has 2 aromatic carbocycles. The second kappa shape index (κ2) is 11.2. The van der Waals surface area contributed by atoms with Gasteiger partial charge in [0.25, 0.3) is 5.91 Å². The quantitative estimate of drug-likeness (QED) is 0.397. The molecule has 1 spiro atoms. The van der Waals surface area contributed by atoms with Crippen molar-refractivity contribution >= 4 is 33.2 Å². The van der Waals surface area contributed by atoms with Crippen LogP contribution in [0, 0.1) is 11.3 Å². The summed E-state index contributed by atoms with van der Waals surface area (Å²) in [5.41, 5.74) is 3.02. The Morgan fingerprint density at radius 3 is 2.76 bits per heavy atom. The zero-order valence-electron chi connectivity index (χ0n) is 24.4. The van der Waals surface area contributed by atoms with E-state index in [1.807, 2.05) is 25.1 Å². The molecule has 6 rings (SSSR count). The van der Waals surface area contributed by atoms with Crippen molar-refractivity contribution in [2.24, 2.45) is 11.3 Å². The summed E-state index contributed by atoms with van der Waals surface area (Å²) < 4.78 is 35.3. The highest BCUT2D eigenvalue weighted by Crippen LogP contribution is 2.52. The number of allylic oxidation sites excluding steroid dienone is 1. The van der Waals surface area contributed by atoms with Gasteiger partial charge in [0.1, 0.15) is 5.75 Å². The number of hydrogen-bond acceptors (Lipinski definition) is 6. The largest absolute Gasteiger partial charge is 0.490 e. The molecular formula is C33H41ClN2O5S. The fourth-order valence-electron chi connectivity index (χ4n) is 7.59. The zero-order chi connectivity index (χ0) is 29.7. The number of aryl methyl sites for hydroxylation is 1. The predicted molar refractivity (Wildman–Crippen MR) is 166 cm³/mol. The Bertz CT molecular complexity index is 1510. The number of amides is 1. The number of fused-ring (bicyclic) bond motifs is 4. The molecule has 42 heavy (non-hydrogen) atoms. The number of anilines is 1. The number of aliphatic hydroxyl groups is 1. The van der Waals surface area contributed by atoms with E-state index in [-0.39, 0.29) is 22.3 Å². The van der Waals surface area contributed by atoms with Crippen LogP contribution in [0.4, 0.5) is 5.69 Å². The van der Waals surface area contributed by atoms with E-state index in [0.29, 0.717) is 44.7 Å². The molecule has 0 aromatic heterocycles. The number of aliphatic hydroxyl groups excluding tert-OH is 1. The van der Waals surface area contributed by atoms with Gasteiger partial charge in [-0.1, -0.05) is 43.7 Å². The number of carbonyl (C=O) groups excluding carboxylic acids is 1. The molecule has 2 aliphatic carbocycles. The summed E-state index contributed by atoms with van der Waals surface area (Å²) in [5.74, 6) is 0.295. The highest BCUT2D eigenvalue weighted by Gasteiger charge is 2.49. The molecule has 2 aromatic rings. The van der Waals surface area contributed by atoms with E-state index in [1.165, 1.54) is 11.1 Å². The first-order valence-electron chi connectivity index (χ1n) is 15.3. The summed E-state index contributed by atoms with van der Waals surface area (Å²) >= 11 is 6.39. The number of ether oxygens (including phenoxy) is 1. The molecule has 2 N–H and O–H groups in total. The highest BCUT2D eigenvalue weighted by atomic mass is 35.5. The fourth-order valence-corrected chi connectivity index (χ4v) is 9.21. The SMILES string of the molecule is CC[C@@H]1CC/C=C\[C@H](O)[C@]2(C)CC[C@H]2CN2C[C@@]3(CCCc4cc(Cl)ccc43)COc3ccc(cc32)C(=O)NS1(=O)=O. The van der Waals surface area contributed by atoms with Gasteiger partial charge in [0, 0.05) is 34.5 Å². The first kappa shape index (κ1) is 29.5. The number of nitrogens with zero attached hydrogens (tertiary/aromatic N) is 1. The molecule has 7 nitrogen and oxygen atoms in total. The molecule has 0 unspecified atom stereocenters. The van der Waals surface area contributed by atoms with Crippen LogP contribution in [0.2, 0.25) is 5.02 Å². The molecule has 2 bridgehead atoms. The molecular weight excluding hydrogens is 572 g/mol. The molecule has 5 atom stereocenters. The van der Waals surface area contributed by atoms with Crippen LogP contribution in [0.3, 0.4) is 0 Å². The van der Waals surface area contributed by atoms with E-state index in [1.54, 1.807) is 18.2 Å². The van der Waals surface area contributed by atoms with Crippen LogP contribution in [0.25, 0.3) is 0 Å². The van der Waals surface area contributed by atoms with Crippen molar-refractivity contribution in [2.75, 3.05) is 24.6 Å². The van der Waals surface area contributed by atoms with Crippen LogP contribution in [-0.4, -0.2) is 50.5 Å². The minimum atomic E-state index is -3.89. The minimum Gasteiger partial charge on any atom is -0.490 e. The average molecular weight is 613 g/mol. The lowest BCUT2D eigenvalue weighted by Gasteiger charge is -2.52. The number of benzene rings is 2. The van der Waals surface area contributed by atoms with Crippen molar-refractivity contribution in [1.82, 2.24) is 4.72 Å². The van der Waals surface area contributed by atoms with Gasteiger partial charge in [-0.05, 0) is 98.7 Å². The van der Waals surface area contributed by atoms with Crippen molar-refractivity contribution in [1.29, 1.82) is 0 Å². The van der Waals surface area contributed by atoms with Gasteiger partial charge in [-0.3, -0.25) is 4.79 Å². The van der Waals surface area contributed by atoms with Crippen molar-refractivity contribution in [3.63, 3.8) is 0 Å².